The number of carbonyl (C=O) groups excluding carboxylic acids is 1. The number of nitrogens with zero attached hydrogens (tertiary/aromatic N) is 1. The van der Waals surface area contributed by atoms with Crippen molar-refractivity contribution in [2.75, 3.05) is 32.0 Å². The van der Waals surface area contributed by atoms with E-state index in [1.54, 1.807) is 63.9 Å². The first kappa shape index (κ1) is 19.0. The summed E-state index contributed by atoms with van der Waals surface area (Å²) in [5.74, 6) is 2.26. The molecule has 0 atom stereocenters. The Bertz CT molecular complexity index is 941. The number of carbonyl (C=O) groups is 1. The fourth-order valence-electron chi connectivity index (χ4n) is 2.53. The molecule has 0 unspecified atom stereocenters. The first-order valence-electron chi connectivity index (χ1n) is 8.53. The second-order valence-corrected chi connectivity index (χ2v) is 5.81. The van der Waals surface area contributed by atoms with Crippen LogP contribution in [0.4, 0.5) is 17.2 Å². The highest BCUT2D eigenvalue weighted by Crippen LogP contribution is 2.31. The van der Waals surface area contributed by atoms with Crippen LogP contribution in [0, 0.1) is 0 Å². The van der Waals surface area contributed by atoms with Gasteiger partial charge in [0.25, 0.3) is 5.91 Å². The monoisotopic (exact) mass is 379 g/mol. The van der Waals surface area contributed by atoms with E-state index >= 15 is 0 Å². The number of nitrogens with one attached hydrogen (secondary N) is 2. The lowest BCUT2D eigenvalue weighted by Crippen LogP contribution is -2.12. The van der Waals surface area contributed by atoms with Gasteiger partial charge in [0.05, 0.1) is 38.9 Å². The number of aromatic nitrogens is 1. The van der Waals surface area contributed by atoms with E-state index < -0.39 is 0 Å². The summed E-state index contributed by atoms with van der Waals surface area (Å²) in [6, 6.07) is 15.9. The molecule has 7 heteroatoms. The van der Waals surface area contributed by atoms with E-state index in [0.717, 1.165) is 11.4 Å². The lowest BCUT2D eigenvalue weighted by atomic mass is 10.2. The number of rotatable bonds is 7. The van der Waals surface area contributed by atoms with E-state index in [9.17, 15) is 4.79 Å². The third-order valence-electron chi connectivity index (χ3n) is 4.04. The van der Waals surface area contributed by atoms with Crippen LogP contribution in [-0.2, 0) is 0 Å². The van der Waals surface area contributed by atoms with Gasteiger partial charge in [-0.3, -0.25) is 4.79 Å². The SMILES string of the molecule is COc1ccc(C(=O)Nc2ccc(Nc3ccc(OC)cc3OC)cn2)cc1. The van der Waals surface area contributed by atoms with E-state index in [1.807, 2.05) is 18.2 Å². The first-order valence-corrected chi connectivity index (χ1v) is 8.53. The van der Waals surface area contributed by atoms with Gasteiger partial charge in [-0.2, -0.15) is 0 Å². The highest BCUT2D eigenvalue weighted by Gasteiger charge is 2.08. The average molecular weight is 379 g/mol. The predicted octanol–water partition coefficient (Wildman–Crippen LogP) is 4.10. The molecule has 0 aliphatic carbocycles. The maximum Gasteiger partial charge on any atom is 0.256 e. The minimum atomic E-state index is -0.243. The molecule has 2 N–H and O–H groups in total. The molecule has 0 radical (unpaired) electrons. The number of benzene rings is 2. The van der Waals surface area contributed by atoms with Gasteiger partial charge >= 0.3 is 0 Å². The Morgan fingerprint density at radius 3 is 2.18 bits per heavy atom. The van der Waals surface area contributed by atoms with Crippen LogP contribution in [0.25, 0.3) is 0 Å². The third-order valence-corrected chi connectivity index (χ3v) is 4.04. The van der Waals surface area contributed by atoms with E-state index in [1.165, 1.54) is 0 Å². The zero-order valence-corrected chi connectivity index (χ0v) is 15.9. The second-order valence-electron chi connectivity index (χ2n) is 5.81. The molecular weight excluding hydrogens is 358 g/mol. The summed E-state index contributed by atoms with van der Waals surface area (Å²) in [7, 11) is 4.77. The summed E-state index contributed by atoms with van der Waals surface area (Å²) >= 11 is 0. The number of pyridine rings is 1. The lowest BCUT2D eigenvalue weighted by molar-refractivity contribution is 0.102. The molecule has 1 amide bonds. The summed E-state index contributed by atoms with van der Waals surface area (Å²) in [6.45, 7) is 0. The number of methoxy groups -OCH3 is 3. The molecule has 0 aliphatic heterocycles. The van der Waals surface area contributed by atoms with Gasteiger partial charge in [0.2, 0.25) is 0 Å². The summed E-state index contributed by atoms with van der Waals surface area (Å²) in [5, 5.41) is 5.99. The molecule has 1 aromatic heterocycles. The van der Waals surface area contributed by atoms with Gasteiger partial charge in [-0.05, 0) is 48.5 Å². The van der Waals surface area contributed by atoms with Crippen molar-refractivity contribution in [3.05, 3.63) is 66.4 Å². The van der Waals surface area contributed by atoms with Crippen LogP contribution in [0.15, 0.2) is 60.8 Å². The van der Waals surface area contributed by atoms with Crippen LogP contribution in [0.2, 0.25) is 0 Å². The maximum atomic E-state index is 12.3. The number of amides is 1. The smallest absolute Gasteiger partial charge is 0.256 e. The number of ether oxygens (including phenoxy) is 3. The van der Waals surface area contributed by atoms with Gasteiger partial charge < -0.3 is 24.8 Å². The Morgan fingerprint density at radius 2 is 1.57 bits per heavy atom. The Hall–Kier alpha value is -3.74. The van der Waals surface area contributed by atoms with E-state index in [-0.39, 0.29) is 5.91 Å². The molecule has 0 saturated carbocycles. The van der Waals surface area contributed by atoms with Crippen molar-refractivity contribution in [1.29, 1.82) is 0 Å². The van der Waals surface area contributed by atoms with Crippen molar-refractivity contribution in [1.82, 2.24) is 4.98 Å². The van der Waals surface area contributed by atoms with E-state index in [4.69, 9.17) is 14.2 Å². The lowest BCUT2D eigenvalue weighted by Gasteiger charge is -2.12. The minimum Gasteiger partial charge on any atom is -0.497 e. The van der Waals surface area contributed by atoms with E-state index in [0.29, 0.717) is 28.6 Å². The third kappa shape index (κ3) is 4.50. The zero-order valence-electron chi connectivity index (χ0n) is 15.9. The van der Waals surface area contributed by atoms with Crippen molar-refractivity contribution in [2.45, 2.75) is 0 Å². The van der Waals surface area contributed by atoms with Crippen LogP contribution in [0.1, 0.15) is 10.4 Å². The summed E-state index contributed by atoms with van der Waals surface area (Å²) < 4.78 is 15.7. The molecule has 1 heterocycles. The van der Waals surface area contributed by atoms with Crippen molar-refractivity contribution in [3.8, 4) is 17.2 Å². The molecule has 0 bridgehead atoms. The number of hydrogen-bond donors (Lipinski definition) is 2. The Kier molecular flexibility index (Phi) is 5.96. The van der Waals surface area contributed by atoms with Crippen LogP contribution in [0.5, 0.6) is 17.2 Å². The normalized spacial score (nSPS) is 10.1. The van der Waals surface area contributed by atoms with E-state index in [2.05, 4.69) is 15.6 Å². The van der Waals surface area contributed by atoms with Crippen LogP contribution < -0.4 is 24.8 Å². The van der Waals surface area contributed by atoms with Crippen LogP contribution in [0.3, 0.4) is 0 Å². The van der Waals surface area contributed by atoms with Crippen molar-refractivity contribution in [3.63, 3.8) is 0 Å². The Balaban J connectivity index is 1.67. The Morgan fingerprint density at radius 1 is 0.857 bits per heavy atom. The Labute approximate surface area is 163 Å². The van der Waals surface area contributed by atoms with Crippen LogP contribution in [-0.4, -0.2) is 32.2 Å². The highest BCUT2D eigenvalue weighted by atomic mass is 16.5. The van der Waals surface area contributed by atoms with Crippen molar-refractivity contribution in [2.24, 2.45) is 0 Å². The van der Waals surface area contributed by atoms with Gasteiger partial charge in [0, 0.05) is 11.6 Å². The summed E-state index contributed by atoms with van der Waals surface area (Å²) in [5.41, 5.74) is 2.05. The topological polar surface area (TPSA) is 81.7 Å². The molecule has 144 valence electrons. The second kappa shape index (κ2) is 8.77. The number of hydrogen-bond acceptors (Lipinski definition) is 6. The molecule has 0 fully saturated rings. The minimum absolute atomic E-state index is 0.243. The number of anilines is 3. The standard InChI is InChI=1S/C21H21N3O4/c1-26-16-7-4-14(5-8-16)21(25)24-20-11-6-15(13-22-20)23-18-10-9-17(27-2)12-19(18)28-3/h4-13,23H,1-3H3,(H,22,24,25). The van der Waals surface area contributed by atoms with Gasteiger partial charge in [-0.1, -0.05) is 0 Å². The largest absolute Gasteiger partial charge is 0.497 e. The zero-order chi connectivity index (χ0) is 19.9. The van der Waals surface area contributed by atoms with Crippen molar-refractivity contribution >= 4 is 23.1 Å². The highest BCUT2D eigenvalue weighted by molar-refractivity contribution is 6.03. The summed E-state index contributed by atoms with van der Waals surface area (Å²) in [4.78, 5) is 16.6. The molecule has 3 rings (SSSR count). The average Bonchev–Trinajstić information content (AvgIpc) is 2.75. The molecule has 2 aromatic carbocycles. The molecule has 0 saturated heterocycles. The van der Waals surface area contributed by atoms with Gasteiger partial charge in [-0.15, -0.1) is 0 Å². The molecule has 7 nitrogen and oxygen atoms in total. The first-order chi connectivity index (χ1) is 13.6. The van der Waals surface area contributed by atoms with Crippen molar-refractivity contribution < 1.29 is 19.0 Å². The molecule has 0 aliphatic rings. The van der Waals surface area contributed by atoms with Gasteiger partial charge in [0.15, 0.2) is 0 Å². The molecule has 28 heavy (non-hydrogen) atoms. The molecular formula is C21H21N3O4. The van der Waals surface area contributed by atoms with Gasteiger partial charge in [0.1, 0.15) is 23.1 Å². The quantitative estimate of drug-likeness (QED) is 0.643. The molecule has 0 spiro atoms. The fourth-order valence-corrected chi connectivity index (χ4v) is 2.53. The van der Waals surface area contributed by atoms with Gasteiger partial charge in [-0.25, -0.2) is 4.98 Å². The fraction of sp³-hybridized carbons (Fsp3) is 0.143. The summed E-state index contributed by atoms with van der Waals surface area (Å²) in [6.07, 6.45) is 1.63. The van der Waals surface area contributed by atoms with Crippen LogP contribution >= 0.6 is 0 Å². The maximum absolute atomic E-state index is 12.3. The predicted molar refractivity (Wildman–Crippen MR) is 108 cm³/mol. The molecule has 3 aromatic rings.